The number of aryl methyl sites for hydroxylation is 2. The molecule has 0 bridgehead atoms. The van der Waals surface area contributed by atoms with E-state index in [2.05, 4.69) is 0 Å². The molecule has 46 heavy (non-hydrogen) atoms. The molecule has 0 aliphatic carbocycles. The van der Waals surface area contributed by atoms with E-state index in [4.69, 9.17) is 88.6 Å². The van der Waals surface area contributed by atoms with Crippen LogP contribution in [0.15, 0.2) is 60.7 Å². The van der Waals surface area contributed by atoms with Gasteiger partial charge < -0.3 is 18.9 Å². The number of carbonyl (C=O) groups excluding carboxylic acids is 4. The highest BCUT2D eigenvalue weighted by Gasteiger charge is 2.32. The van der Waals surface area contributed by atoms with Crippen molar-refractivity contribution in [1.82, 2.24) is 0 Å². The van der Waals surface area contributed by atoms with Crippen LogP contribution in [0, 0.1) is 13.8 Å². The van der Waals surface area contributed by atoms with Crippen LogP contribution in [-0.2, 0) is 32.3 Å². The molecule has 0 saturated carbocycles. The number of esters is 4. The van der Waals surface area contributed by atoms with Gasteiger partial charge in [0.05, 0.1) is 30.1 Å². The van der Waals surface area contributed by atoms with Gasteiger partial charge in [-0.3, -0.25) is 0 Å². The molecule has 4 aromatic rings. The summed E-state index contributed by atoms with van der Waals surface area (Å²) in [5.41, 5.74) is 2.12. The Balaban J connectivity index is 1.57. The van der Waals surface area contributed by atoms with Crippen LogP contribution in [0.25, 0.3) is 0 Å². The molecule has 0 saturated heterocycles. The Morgan fingerprint density at radius 3 is 1.26 bits per heavy atom. The van der Waals surface area contributed by atoms with Crippen molar-refractivity contribution in [2.45, 2.75) is 27.1 Å². The maximum absolute atomic E-state index is 13.1. The van der Waals surface area contributed by atoms with E-state index in [0.29, 0.717) is 11.1 Å². The van der Waals surface area contributed by atoms with E-state index in [9.17, 15) is 19.2 Å². The van der Waals surface area contributed by atoms with Gasteiger partial charge in [0.1, 0.15) is 24.3 Å². The second kappa shape index (κ2) is 15.4. The van der Waals surface area contributed by atoms with Crippen LogP contribution in [-0.4, -0.2) is 23.9 Å². The van der Waals surface area contributed by atoms with Gasteiger partial charge >= 0.3 is 23.9 Å². The zero-order valence-electron chi connectivity index (χ0n) is 23.7. The van der Waals surface area contributed by atoms with E-state index in [1.54, 1.807) is 36.4 Å². The van der Waals surface area contributed by atoms with E-state index >= 15 is 0 Å². The fraction of sp³-hybridized carbons (Fsp3) is 0.125. The number of rotatable bonds is 8. The fourth-order valence-electron chi connectivity index (χ4n) is 4.04. The van der Waals surface area contributed by atoms with E-state index < -0.39 is 46.5 Å². The average molecular weight is 745 g/mol. The van der Waals surface area contributed by atoms with E-state index in [1.165, 1.54) is 0 Å². The summed E-state index contributed by atoms with van der Waals surface area (Å²) in [5.74, 6) is -6.75. The average Bonchev–Trinajstić information content (AvgIpc) is 3.00. The summed E-state index contributed by atoms with van der Waals surface area (Å²) in [4.78, 5) is 52.0. The SMILES string of the molecule is Cc1cccc(COC(=O)c2c(Cl)c(Cl)cc(Cl)c2OC(=O)C(=O)Oc2c(Cl)cc(Cl)c(Cl)c2C(=O)OCc2cccc(C)c2)c1. The van der Waals surface area contributed by atoms with Crippen molar-refractivity contribution in [3.05, 3.63) is 124 Å². The molecular weight excluding hydrogens is 725 g/mol. The third-order valence-electron chi connectivity index (χ3n) is 6.12. The maximum atomic E-state index is 13.1. The van der Waals surface area contributed by atoms with Crippen molar-refractivity contribution in [3.63, 3.8) is 0 Å². The summed E-state index contributed by atoms with van der Waals surface area (Å²) in [6.45, 7) is 3.38. The highest BCUT2D eigenvalue weighted by Crippen LogP contribution is 2.42. The molecule has 238 valence electrons. The van der Waals surface area contributed by atoms with Crippen molar-refractivity contribution in [2.75, 3.05) is 0 Å². The van der Waals surface area contributed by atoms with Crippen LogP contribution in [0.3, 0.4) is 0 Å². The molecule has 0 aliphatic rings. The summed E-state index contributed by atoms with van der Waals surface area (Å²) in [6, 6.07) is 16.5. The zero-order valence-corrected chi connectivity index (χ0v) is 28.3. The molecule has 4 rings (SSSR count). The first-order valence-corrected chi connectivity index (χ1v) is 15.3. The second-order valence-electron chi connectivity index (χ2n) is 9.63. The molecule has 0 spiro atoms. The van der Waals surface area contributed by atoms with Gasteiger partial charge in [-0.2, -0.15) is 0 Å². The summed E-state index contributed by atoms with van der Waals surface area (Å²) in [6.07, 6.45) is 0. The molecule has 0 radical (unpaired) electrons. The van der Waals surface area contributed by atoms with Gasteiger partial charge in [0, 0.05) is 0 Å². The topological polar surface area (TPSA) is 105 Å². The molecule has 0 unspecified atom stereocenters. The summed E-state index contributed by atoms with van der Waals surface area (Å²) in [5, 5.41) is -1.75. The number of ether oxygens (including phenoxy) is 4. The van der Waals surface area contributed by atoms with Gasteiger partial charge in [0.25, 0.3) is 0 Å². The summed E-state index contributed by atoms with van der Waals surface area (Å²) in [7, 11) is 0. The largest absolute Gasteiger partial charge is 0.457 e. The first-order chi connectivity index (χ1) is 21.8. The third-order valence-corrected chi connectivity index (χ3v) is 8.26. The molecule has 0 fully saturated rings. The lowest BCUT2D eigenvalue weighted by atomic mass is 10.1. The van der Waals surface area contributed by atoms with E-state index in [-0.39, 0.29) is 43.3 Å². The van der Waals surface area contributed by atoms with Gasteiger partial charge in [0.2, 0.25) is 0 Å². The molecule has 0 aromatic heterocycles. The molecule has 0 atom stereocenters. The predicted molar refractivity (Wildman–Crippen MR) is 175 cm³/mol. The minimum absolute atomic E-state index is 0.159. The lowest BCUT2D eigenvalue weighted by molar-refractivity contribution is -0.156. The van der Waals surface area contributed by atoms with Crippen molar-refractivity contribution in [3.8, 4) is 11.5 Å². The van der Waals surface area contributed by atoms with Crippen molar-refractivity contribution in [2.24, 2.45) is 0 Å². The Bertz CT molecular complexity index is 1740. The van der Waals surface area contributed by atoms with Crippen molar-refractivity contribution < 1.29 is 38.1 Å². The van der Waals surface area contributed by atoms with Gasteiger partial charge in [0.15, 0.2) is 11.5 Å². The summed E-state index contributed by atoms with van der Waals surface area (Å²) >= 11 is 37.2. The first-order valence-electron chi connectivity index (χ1n) is 13.0. The fourth-order valence-corrected chi connectivity index (χ4v) is 5.47. The van der Waals surface area contributed by atoms with E-state index in [1.807, 2.05) is 26.0 Å². The Kier molecular flexibility index (Phi) is 11.8. The van der Waals surface area contributed by atoms with Gasteiger partial charge in [-0.25, -0.2) is 19.2 Å². The van der Waals surface area contributed by atoms with Crippen LogP contribution < -0.4 is 9.47 Å². The lowest BCUT2D eigenvalue weighted by Crippen LogP contribution is -2.27. The van der Waals surface area contributed by atoms with Crippen molar-refractivity contribution >= 4 is 93.5 Å². The standard InChI is InChI=1S/C32H20Cl6O8/c1-15-5-3-7-17(9-15)13-43-29(39)23-25(37)19(33)11-21(35)27(23)45-31(41)32(42)46-28-22(36)12-20(34)26(38)24(28)30(40)44-14-18-8-4-6-16(2)10-18/h3-12H,13-14H2,1-2H3. The van der Waals surface area contributed by atoms with Crippen LogP contribution in [0.4, 0.5) is 0 Å². The molecule has 0 heterocycles. The van der Waals surface area contributed by atoms with Crippen LogP contribution in [0.5, 0.6) is 11.5 Å². The van der Waals surface area contributed by atoms with Crippen LogP contribution in [0.2, 0.25) is 30.1 Å². The quantitative estimate of drug-likeness (QED) is 0.0761. The number of hydrogen-bond acceptors (Lipinski definition) is 8. The number of benzene rings is 4. The highest BCUT2D eigenvalue weighted by molar-refractivity contribution is 6.47. The lowest BCUT2D eigenvalue weighted by Gasteiger charge is -2.16. The minimum atomic E-state index is -1.69. The first kappa shape index (κ1) is 35.4. The number of hydrogen-bond donors (Lipinski definition) is 0. The molecule has 14 heteroatoms. The zero-order chi connectivity index (χ0) is 33.7. The number of halogens is 6. The van der Waals surface area contributed by atoms with Crippen molar-refractivity contribution in [1.29, 1.82) is 0 Å². The molecule has 4 aromatic carbocycles. The maximum Gasteiger partial charge on any atom is 0.423 e. The Labute approximate surface area is 292 Å². The second-order valence-corrected chi connectivity index (χ2v) is 12.0. The van der Waals surface area contributed by atoms with Gasteiger partial charge in [-0.1, -0.05) is 129 Å². The Hall–Kier alpha value is -3.50. The predicted octanol–water partition coefficient (Wildman–Crippen LogP) is 9.45. The Morgan fingerprint density at radius 2 is 0.913 bits per heavy atom. The van der Waals surface area contributed by atoms with Gasteiger partial charge in [-0.15, -0.1) is 0 Å². The Morgan fingerprint density at radius 1 is 0.543 bits per heavy atom. The van der Waals surface area contributed by atoms with Crippen LogP contribution in [0.1, 0.15) is 43.0 Å². The number of carbonyl (C=O) groups is 4. The van der Waals surface area contributed by atoms with E-state index in [0.717, 1.165) is 23.3 Å². The highest BCUT2D eigenvalue weighted by atomic mass is 35.5. The molecule has 8 nitrogen and oxygen atoms in total. The molecular formula is C32H20Cl6O8. The molecule has 0 N–H and O–H groups in total. The van der Waals surface area contributed by atoms with Gasteiger partial charge in [-0.05, 0) is 37.1 Å². The van der Waals surface area contributed by atoms with Crippen LogP contribution >= 0.6 is 69.6 Å². The molecule has 0 amide bonds. The summed E-state index contributed by atoms with van der Waals surface area (Å²) < 4.78 is 21.0. The minimum Gasteiger partial charge on any atom is -0.457 e. The third kappa shape index (κ3) is 8.45. The smallest absolute Gasteiger partial charge is 0.423 e. The monoisotopic (exact) mass is 742 g/mol. The normalized spacial score (nSPS) is 10.7. The molecule has 0 aliphatic heterocycles.